The van der Waals surface area contributed by atoms with E-state index < -0.39 is 11.9 Å². The molecule has 5 heteroatoms. The number of carboxylic acids is 1. The Hall–Kier alpha value is -2.69. The van der Waals surface area contributed by atoms with E-state index in [0.717, 1.165) is 5.56 Å². The Bertz CT molecular complexity index is 673. The average Bonchev–Trinajstić information content (AvgIpc) is 3.01. The first-order valence-corrected chi connectivity index (χ1v) is 7.15. The van der Waals surface area contributed by atoms with Gasteiger partial charge in [-0.2, -0.15) is 0 Å². The maximum absolute atomic E-state index is 12.5. The molecule has 1 N–H and O–H groups in total. The fraction of sp³-hybridized carbons (Fsp3) is 0.235. The van der Waals surface area contributed by atoms with Crippen molar-refractivity contribution < 1.29 is 14.7 Å². The number of amides is 1. The molecule has 1 aromatic heterocycles. The normalized spacial score (nSPS) is 20.8. The zero-order valence-corrected chi connectivity index (χ0v) is 11.9. The maximum Gasteiger partial charge on any atom is 0.308 e. The Morgan fingerprint density at radius 2 is 1.77 bits per heavy atom. The van der Waals surface area contributed by atoms with Gasteiger partial charge in [0, 0.05) is 25.2 Å². The molecule has 2 heterocycles. The van der Waals surface area contributed by atoms with Gasteiger partial charge >= 0.3 is 5.97 Å². The minimum absolute atomic E-state index is 0.189. The topological polar surface area (TPSA) is 70.5 Å². The summed E-state index contributed by atoms with van der Waals surface area (Å²) in [6, 6.07) is 14.6. The number of benzene rings is 1. The van der Waals surface area contributed by atoms with E-state index in [1.165, 1.54) is 0 Å². The van der Waals surface area contributed by atoms with Gasteiger partial charge in [-0.05, 0) is 17.7 Å². The summed E-state index contributed by atoms with van der Waals surface area (Å²) in [5.41, 5.74) is 1.30. The molecule has 2 atom stereocenters. The summed E-state index contributed by atoms with van der Waals surface area (Å²) in [5.74, 6) is -1.86. The molecule has 2 aromatic rings. The third kappa shape index (κ3) is 2.70. The van der Waals surface area contributed by atoms with Crippen LogP contribution in [-0.2, 0) is 4.79 Å². The van der Waals surface area contributed by atoms with E-state index in [1.54, 1.807) is 29.3 Å². The van der Waals surface area contributed by atoms with Gasteiger partial charge in [0.2, 0.25) is 0 Å². The van der Waals surface area contributed by atoms with Gasteiger partial charge in [-0.3, -0.25) is 14.6 Å². The van der Waals surface area contributed by atoms with Crippen molar-refractivity contribution in [3.05, 3.63) is 66.0 Å². The Morgan fingerprint density at radius 1 is 1.05 bits per heavy atom. The standard InChI is InChI=1S/C17H16N2O3/c20-16(15-8-4-5-9-18-15)19-10-13(14(11-19)17(21)22)12-6-2-1-3-7-12/h1-9,13-14H,10-11H2,(H,21,22)/t13-,14+/m0/s1. The van der Waals surface area contributed by atoms with Crippen molar-refractivity contribution in [3.63, 3.8) is 0 Å². The number of nitrogens with zero attached hydrogens (tertiary/aromatic N) is 2. The van der Waals surface area contributed by atoms with Crippen molar-refractivity contribution >= 4 is 11.9 Å². The molecule has 0 aliphatic carbocycles. The van der Waals surface area contributed by atoms with Gasteiger partial charge in [0.25, 0.3) is 5.91 Å². The van der Waals surface area contributed by atoms with E-state index in [-0.39, 0.29) is 18.4 Å². The third-order valence-corrected chi connectivity index (χ3v) is 4.04. The number of hydrogen-bond acceptors (Lipinski definition) is 3. The smallest absolute Gasteiger partial charge is 0.308 e. The highest BCUT2D eigenvalue weighted by Gasteiger charge is 2.40. The van der Waals surface area contributed by atoms with Crippen LogP contribution in [0, 0.1) is 5.92 Å². The van der Waals surface area contributed by atoms with Crippen LogP contribution in [0.15, 0.2) is 54.7 Å². The molecule has 112 valence electrons. The van der Waals surface area contributed by atoms with Crippen LogP contribution in [-0.4, -0.2) is 40.0 Å². The molecule has 0 saturated carbocycles. The fourth-order valence-corrected chi connectivity index (χ4v) is 2.91. The fourth-order valence-electron chi connectivity index (χ4n) is 2.91. The number of carbonyl (C=O) groups excluding carboxylic acids is 1. The number of hydrogen-bond donors (Lipinski definition) is 1. The lowest BCUT2D eigenvalue weighted by molar-refractivity contribution is -0.141. The molecule has 0 unspecified atom stereocenters. The SMILES string of the molecule is O=C(O)[C@@H]1CN(C(=O)c2ccccn2)C[C@H]1c1ccccc1. The maximum atomic E-state index is 12.5. The molecule has 1 amide bonds. The van der Waals surface area contributed by atoms with Crippen molar-refractivity contribution in [3.8, 4) is 0 Å². The van der Waals surface area contributed by atoms with Crippen LogP contribution in [0.4, 0.5) is 0 Å². The molecule has 1 aliphatic rings. The van der Waals surface area contributed by atoms with Crippen LogP contribution < -0.4 is 0 Å². The van der Waals surface area contributed by atoms with Crippen molar-refractivity contribution in [2.45, 2.75) is 5.92 Å². The van der Waals surface area contributed by atoms with Gasteiger partial charge in [0.15, 0.2) is 0 Å². The molecule has 1 fully saturated rings. The average molecular weight is 296 g/mol. The van der Waals surface area contributed by atoms with Gasteiger partial charge in [0.1, 0.15) is 5.69 Å². The summed E-state index contributed by atoms with van der Waals surface area (Å²) in [7, 11) is 0. The number of likely N-dealkylation sites (tertiary alicyclic amines) is 1. The molecular weight excluding hydrogens is 280 g/mol. The Labute approximate surface area is 128 Å². The first-order chi connectivity index (χ1) is 10.7. The number of pyridine rings is 1. The van der Waals surface area contributed by atoms with E-state index in [4.69, 9.17) is 0 Å². The first kappa shape index (κ1) is 14.3. The van der Waals surface area contributed by atoms with E-state index in [9.17, 15) is 14.7 Å². The van der Waals surface area contributed by atoms with Crippen molar-refractivity contribution in [2.75, 3.05) is 13.1 Å². The second-order valence-corrected chi connectivity index (χ2v) is 5.39. The number of rotatable bonds is 3. The Kier molecular flexibility index (Phi) is 3.87. The van der Waals surface area contributed by atoms with Gasteiger partial charge < -0.3 is 10.0 Å². The molecule has 0 radical (unpaired) electrons. The zero-order valence-electron chi connectivity index (χ0n) is 11.9. The lowest BCUT2D eigenvalue weighted by Crippen LogP contribution is -2.30. The number of carboxylic acid groups (broad SMARTS) is 1. The molecular formula is C17H16N2O3. The quantitative estimate of drug-likeness (QED) is 0.940. The molecule has 5 nitrogen and oxygen atoms in total. The van der Waals surface area contributed by atoms with Crippen molar-refractivity contribution in [1.82, 2.24) is 9.88 Å². The predicted octanol–water partition coefficient (Wildman–Crippen LogP) is 2.02. The van der Waals surface area contributed by atoms with Gasteiger partial charge in [-0.1, -0.05) is 36.4 Å². The van der Waals surface area contributed by atoms with Crippen molar-refractivity contribution in [1.29, 1.82) is 0 Å². The summed E-state index contributed by atoms with van der Waals surface area (Å²) in [6.45, 7) is 0.612. The minimum atomic E-state index is -0.870. The van der Waals surface area contributed by atoms with Crippen LogP contribution in [0.2, 0.25) is 0 Å². The highest BCUT2D eigenvalue weighted by molar-refractivity contribution is 5.93. The summed E-state index contributed by atoms with van der Waals surface area (Å²) in [4.78, 5) is 29.6. The lowest BCUT2D eigenvalue weighted by Gasteiger charge is -2.16. The van der Waals surface area contributed by atoms with Crippen molar-refractivity contribution in [2.24, 2.45) is 5.92 Å². The summed E-state index contributed by atoms with van der Waals surface area (Å²) >= 11 is 0. The Morgan fingerprint density at radius 3 is 2.41 bits per heavy atom. The third-order valence-electron chi connectivity index (χ3n) is 4.04. The highest BCUT2D eigenvalue weighted by atomic mass is 16.4. The summed E-state index contributed by atoms with van der Waals surface area (Å²) in [5, 5.41) is 9.46. The predicted molar refractivity (Wildman–Crippen MR) is 80.4 cm³/mol. The largest absolute Gasteiger partial charge is 0.481 e. The van der Waals surface area contributed by atoms with Gasteiger partial charge in [0.05, 0.1) is 5.92 Å². The van der Waals surface area contributed by atoms with Crippen LogP contribution in [0.25, 0.3) is 0 Å². The Balaban J connectivity index is 1.85. The van der Waals surface area contributed by atoms with Crippen LogP contribution in [0.1, 0.15) is 22.0 Å². The minimum Gasteiger partial charge on any atom is -0.481 e. The number of carbonyl (C=O) groups is 2. The summed E-state index contributed by atoms with van der Waals surface area (Å²) < 4.78 is 0. The molecule has 0 bridgehead atoms. The molecule has 1 aliphatic heterocycles. The molecule has 1 saturated heterocycles. The monoisotopic (exact) mass is 296 g/mol. The number of aromatic nitrogens is 1. The van der Waals surface area contributed by atoms with E-state index in [1.807, 2.05) is 30.3 Å². The second kappa shape index (κ2) is 5.97. The molecule has 3 rings (SSSR count). The van der Waals surface area contributed by atoms with Crippen LogP contribution in [0.5, 0.6) is 0 Å². The van der Waals surface area contributed by atoms with E-state index in [0.29, 0.717) is 12.2 Å². The van der Waals surface area contributed by atoms with E-state index in [2.05, 4.69) is 4.98 Å². The van der Waals surface area contributed by atoms with Gasteiger partial charge in [-0.25, -0.2) is 0 Å². The lowest BCUT2D eigenvalue weighted by atomic mass is 9.89. The molecule has 1 aromatic carbocycles. The van der Waals surface area contributed by atoms with E-state index >= 15 is 0 Å². The molecule has 22 heavy (non-hydrogen) atoms. The van der Waals surface area contributed by atoms with Gasteiger partial charge in [-0.15, -0.1) is 0 Å². The van der Waals surface area contributed by atoms with Crippen LogP contribution >= 0.6 is 0 Å². The highest BCUT2D eigenvalue weighted by Crippen LogP contribution is 2.33. The first-order valence-electron chi connectivity index (χ1n) is 7.15. The number of aliphatic carboxylic acids is 1. The van der Waals surface area contributed by atoms with Crippen LogP contribution in [0.3, 0.4) is 0 Å². The summed E-state index contributed by atoms with van der Waals surface area (Å²) in [6.07, 6.45) is 1.56. The second-order valence-electron chi connectivity index (χ2n) is 5.39. The zero-order chi connectivity index (χ0) is 15.5. The molecule has 0 spiro atoms.